The smallest absolute Gasteiger partial charge is 0.240 e. The number of aromatic nitrogens is 2. The fraction of sp³-hybridized carbons (Fsp3) is 0.316. The highest BCUT2D eigenvalue weighted by atomic mass is 32.2. The number of carbonyl (C=O) groups excluding carboxylic acids is 1. The van der Waals surface area contributed by atoms with Gasteiger partial charge in [0.25, 0.3) is 0 Å². The molecular formula is C19H20N4O3S2. The van der Waals surface area contributed by atoms with Crippen molar-refractivity contribution in [3.05, 3.63) is 60.1 Å². The van der Waals surface area contributed by atoms with Crippen molar-refractivity contribution < 1.29 is 13.9 Å². The first kappa shape index (κ1) is 19.0. The molecule has 1 aliphatic rings. The van der Waals surface area contributed by atoms with E-state index < -0.39 is 0 Å². The lowest BCUT2D eigenvalue weighted by molar-refractivity contribution is -0.134. The number of anilines is 1. The number of amides is 1. The third-order valence-electron chi connectivity index (χ3n) is 4.27. The van der Waals surface area contributed by atoms with Gasteiger partial charge in [-0.15, -0.1) is 10.2 Å². The Labute approximate surface area is 171 Å². The maximum atomic E-state index is 13.2. The predicted octanol–water partition coefficient (Wildman–Crippen LogP) is 3.44. The summed E-state index contributed by atoms with van der Waals surface area (Å²) in [5.74, 6) is 0.911. The van der Waals surface area contributed by atoms with Crippen LogP contribution in [0.3, 0.4) is 0 Å². The maximum Gasteiger partial charge on any atom is 0.240 e. The summed E-state index contributed by atoms with van der Waals surface area (Å²) in [6.07, 6.45) is 1.64. The molecule has 0 spiro atoms. The van der Waals surface area contributed by atoms with Gasteiger partial charge in [0.15, 0.2) is 4.34 Å². The molecule has 1 N–H and O–H groups in total. The second-order valence-corrected chi connectivity index (χ2v) is 8.48. The first-order chi connectivity index (χ1) is 13.8. The number of carbonyl (C=O) groups is 1. The standard InChI is InChI=1S/C19H20N4O3S2/c24-17(23-8-11-25-12-9-23)16(14-5-2-1-3-6-14)27-19-22-21-18(28-19)20-13-15-7-4-10-26-15/h1-7,10,16H,8-9,11-13H2,(H,20,21). The molecule has 1 atom stereocenters. The zero-order valence-electron chi connectivity index (χ0n) is 15.1. The molecule has 0 aliphatic carbocycles. The van der Waals surface area contributed by atoms with E-state index in [0.717, 1.165) is 15.7 Å². The van der Waals surface area contributed by atoms with Crippen LogP contribution in [0.25, 0.3) is 0 Å². The molecule has 9 heteroatoms. The fourth-order valence-electron chi connectivity index (χ4n) is 2.84. The molecule has 1 unspecified atom stereocenters. The van der Waals surface area contributed by atoms with Gasteiger partial charge in [0, 0.05) is 13.1 Å². The van der Waals surface area contributed by atoms with Crippen molar-refractivity contribution in [3.63, 3.8) is 0 Å². The van der Waals surface area contributed by atoms with Gasteiger partial charge in [-0.2, -0.15) is 0 Å². The molecule has 3 heterocycles. The van der Waals surface area contributed by atoms with E-state index in [-0.39, 0.29) is 11.2 Å². The lowest BCUT2D eigenvalue weighted by atomic mass is 10.1. The Hall–Kier alpha value is -2.36. The van der Waals surface area contributed by atoms with Crippen molar-refractivity contribution in [2.45, 2.75) is 16.1 Å². The highest BCUT2D eigenvalue weighted by molar-refractivity contribution is 8.01. The molecule has 2 aromatic heterocycles. The molecule has 0 radical (unpaired) electrons. The predicted molar refractivity (Wildman–Crippen MR) is 108 cm³/mol. The lowest BCUT2D eigenvalue weighted by Gasteiger charge is -2.30. The summed E-state index contributed by atoms with van der Waals surface area (Å²) in [4.78, 5) is 15.0. The van der Waals surface area contributed by atoms with Crippen molar-refractivity contribution in [3.8, 4) is 0 Å². The SMILES string of the molecule is O=C(C(Sc1nnc(NCc2ccco2)s1)c1ccccc1)N1CCOCC1. The van der Waals surface area contributed by atoms with E-state index in [4.69, 9.17) is 9.15 Å². The molecule has 1 saturated heterocycles. The molecule has 0 bridgehead atoms. The molecule has 146 valence electrons. The van der Waals surface area contributed by atoms with Crippen LogP contribution in [0.5, 0.6) is 0 Å². The zero-order chi connectivity index (χ0) is 19.2. The number of thioether (sulfide) groups is 1. The lowest BCUT2D eigenvalue weighted by Crippen LogP contribution is -2.42. The number of hydrogen-bond acceptors (Lipinski definition) is 8. The van der Waals surface area contributed by atoms with Gasteiger partial charge in [-0.1, -0.05) is 53.4 Å². The van der Waals surface area contributed by atoms with Gasteiger partial charge in [-0.25, -0.2) is 0 Å². The molecule has 1 amide bonds. The molecule has 28 heavy (non-hydrogen) atoms. The Morgan fingerprint density at radius 3 is 2.75 bits per heavy atom. The van der Waals surface area contributed by atoms with Crippen LogP contribution in [0.4, 0.5) is 5.13 Å². The Morgan fingerprint density at radius 1 is 1.18 bits per heavy atom. The number of nitrogens with one attached hydrogen (secondary N) is 1. The molecular weight excluding hydrogens is 396 g/mol. The zero-order valence-corrected chi connectivity index (χ0v) is 16.7. The van der Waals surface area contributed by atoms with Gasteiger partial charge >= 0.3 is 0 Å². The van der Waals surface area contributed by atoms with E-state index in [1.165, 1.54) is 23.1 Å². The highest BCUT2D eigenvalue weighted by Gasteiger charge is 2.29. The van der Waals surface area contributed by atoms with Gasteiger partial charge < -0.3 is 19.4 Å². The topological polar surface area (TPSA) is 80.5 Å². The van der Waals surface area contributed by atoms with Gasteiger partial charge in [0.1, 0.15) is 11.0 Å². The average molecular weight is 417 g/mol. The maximum absolute atomic E-state index is 13.2. The number of rotatable bonds is 7. The largest absolute Gasteiger partial charge is 0.467 e. The van der Waals surface area contributed by atoms with Gasteiger partial charge in [-0.05, 0) is 17.7 Å². The molecule has 1 fully saturated rings. The van der Waals surface area contributed by atoms with Gasteiger partial charge in [0.05, 0.1) is 26.0 Å². The number of ether oxygens (including phenoxy) is 1. The minimum Gasteiger partial charge on any atom is -0.467 e. The first-order valence-corrected chi connectivity index (χ1v) is 10.7. The molecule has 3 aromatic rings. The van der Waals surface area contributed by atoms with Crippen molar-refractivity contribution in [2.24, 2.45) is 0 Å². The van der Waals surface area contributed by atoms with Crippen LogP contribution < -0.4 is 5.32 Å². The molecule has 4 rings (SSSR count). The van der Waals surface area contributed by atoms with Crippen molar-refractivity contribution >= 4 is 34.1 Å². The van der Waals surface area contributed by atoms with Gasteiger partial charge in [-0.3, -0.25) is 4.79 Å². The third-order valence-corrected chi connectivity index (χ3v) is 6.48. The Bertz CT molecular complexity index is 880. The Morgan fingerprint density at radius 2 is 2.00 bits per heavy atom. The minimum absolute atomic E-state index is 0.0831. The van der Waals surface area contributed by atoms with Crippen LogP contribution in [0.15, 0.2) is 57.5 Å². The second kappa shape index (κ2) is 9.22. The molecule has 7 nitrogen and oxygen atoms in total. The summed E-state index contributed by atoms with van der Waals surface area (Å²) in [5, 5.41) is 12.0. The van der Waals surface area contributed by atoms with Crippen LogP contribution in [-0.4, -0.2) is 47.3 Å². The third kappa shape index (κ3) is 4.73. The Balaban J connectivity index is 1.47. The normalized spacial score (nSPS) is 15.4. The second-order valence-electron chi connectivity index (χ2n) is 6.15. The highest BCUT2D eigenvalue weighted by Crippen LogP contribution is 2.39. The number of nitrogens with zero attached hydrogens (tertiary/aromatic N) is 3. The molecule has 1 aromatic carbocycles. The van der Waals surface area contributed by atoms with E-state index in [2.05, 4.69) is 15.5 Å². The Kier molecular flexibility index (Phi) is 6.25. The van der Waals surface area contributed by atoms with Crippen molar-refractivity contribution in [1.82, 2.24) is 15.1 Å². The van der Waals surface area contributed by atoms with E-state index >= 15 is 0 Å². The van der Waals surface area contributed by atoms with Gasteiger partial charge in [0.2, 0.25) is 11.0 Å². The van der Waals surface area contributed by atoms with Crippen LogP contribution in [0.2, 0.25) is 0 Å². The molecule has 0 saturated carbocycles. The van der Waals surface area contributed by atoms with Crippen LogP contribution in [-0.2, 0) is 16.1 Å². The van der Waals surface area contributed by atoms with Crippen molar-refractivity contribution in [2.75, 3.05) is 31.6 Å². The number of morpholine rings is 1. The van der Waals surface area contributed by atoms with E-state index in [1.54, 1.807) is 6.26 Å². The van der Waals surface area contributed by atoms with E-state index in [1.807, 2.05) is 47.4 Å². The monoisotopic (exact) mass is 416 g/mol. The minimum atomic E-state index is -0.356. The number of hydrogen-bond donors (Lipinski definition) is 1. The summed E-state index contributed by atoms with van der Waals surface area (Å²) >= 11 is 2.87. The summed E-state index contributed by atoms with van der Waals surface area (Å²) in [5.41, 5.74) is 0.962. The fourth-order valence-corrected chi connectivity index (χ4v) is 4.87. The average Bonchev–Trinajstić information content (AvgIpc) is 3.43. The van der Waals surface area contributed by atoms with Crippen molar-refractivity contribution in [1.29, 1.82) is 0 Å². The number of benzene rings is 1. The van der Waals surface area contributed by atoms with Crippen LogP contribution >= 0.6 is 23.1 Å². The van der Waals surface area contributed by atoms with Crippen LogP contribution in [0, 0.1) is 0 Å². The summed E-state index contributed by atoms with van der Waals surface area (Å²) < 4.78 is 11.4. The number of furan rings is 1. The van der Waals surface area contributed by atoms with E-state index in [0.29, 0.717) is 38.0 Å². The first-order valence-electron chi connectivity index (χ1n) is 8.97. The quantitative estimate of drug-likeness (QED) is 0.591. The summed E-state index contributed by atoms with van der Waals surface area (Å²) in [6, 6.07) is 13.6. The summed E-state index contributed by atoms with van der Waals surface area (Å²) in [6.45, 7) is 2.94. The van der Waals surface area contributed by atoms with E-state index in [9.17, 15) is 4.79 Å². The summed E-state index contributed by atoms with van der Waals surface area (Å²) in [7, 11) is 0. The van der Waals surface area contributed by atoms with Crippen LogP contribution in [0.1, 0.15) is 16.6 Å². The molecule has 1 aliphatic heterocycles.